The van der Waals surface area contributed by atoms with Gasteiger partial charge in [0.15, 0.2) is 0 Å². The van der Waals surface area contributed by atoms with Gasteiger partial charge in [-0.15, -0.1) is 0 Å². The molecule has 2 aromatic carbocycles. The molecule has 1 nitrogen and oxygen atoms in total. The molecule has 0 heterocycles. The van der Waals surface area contributed by atoms with Crippen molar-refractivity contribution in [2.75, 3.05) is 0 Å². The van der Waals surface area contributed by atoms with E-state index in [1.54, 1.807) is 0 Å². The summed E-state index contributed by atoms with van der Waals surface area (Å²) in [4.78, 5) is 0.873. The molecule has 0 amide bonds. The van der Waals surface area contributed by atoms with Gasteiger partial charge >= 0.3 is 0 Å². The Balaban J connectivity index is 2.18. The van der Waals surface area contributed by atoms with E-state index in [0.717, 1.165) is 17.7 Å². The molecule has 122 valence electrons. The van der Waals surface area contributed by atoms with Crippen molar-refractivity contribution in [1.82, 2.24) is 0 Å². The molecule has 0 aliphatic heterocycles. The predicted octanol–water partition coefficient (Wildman–Crippen LogP) is 6.11. The van der Waals surface area contributed by atoms with Crippen LogP contribution in [0.25, 0.3) is 5.57 Å². The molecule has 1 unspecified atom stereocenters. The van der Waals surface area contributed by atoms with Crippen LogP contribution in [-0.4, -0.2) is 4.21 Å². The molecular formula is C21H26OS. The van der Waals surface area contributed by atoms with Gasteiger partial charge in [0.25, 0.3) is 0 Å². The summed E-state index contributed by atoms with van der Waals surface area (Å²) in [6.07, 6.45) is 5.88. The van der Waals surface area contributed by atoms with E-state index in [0.29, 0.717) is 0 Å². The fraction of sp³-hybridized carbons (Fsp3) is 0.333. The number of hydrogen-bond acceptors (Lipinski definition) is 1. The number of benzene rings is 2. The molecule has 2 rings (SSSR count). The van der Waals surface area contributed by atoms with E-state index in [1.165, 1.54) is 36.0 Å². The highest BCUT2D eigenvalue weighted by Crippen LogP contribution is 2.23. The quantitative estimate of drug-likeness (QED) is 0.534. The maximum absolute atomic E-state index is 12.7. The van der Waals surface area contributed by atoms with Gasteiger partial charge < -0.3 is 0 Å². The van der Waals surface area contributed by atoms with Crippen LogP contribution in [0.2, 0.25) is 0 Å². The SMILES string of the molecule is CCCCCCC(=CS(=O)c1ccc(C)cc1)c1ccccc1. The maximum Gasteiger partial charge on any atom is 0.0778 e. The third-order valence-electron chi connectivity index (χ3n) is 3.95. The minimum absolute atomic E-state index is 0.873. The standard InChI is InChI=1S/C21H26OS/c1-3-4-5-7-12-20(19-10-8-6-9-11-19)17-23(22)21-15-13-18(2)14-16-21/h6,8-11,13-17H,3-5,7,12H2,1-2H3. The monoisotopic (exact) mass is 326 g/mol. The smallest absolute Gasteiger partial charge is 0.0778 e. The summed E-state index contributed by atoms with van der Waals surface area (Å²) < 4.78 is 12.7. The van der Waals surface area contributed by atoms with Crippen LogP contribution < -0.4 is 0 Å². The van der Waals surface area contributed by atoms with Crippen LogP contribution in [0.3, 0.4) is 0 Å². The van der Waals surface area contributed by atoms with Crippen molar-refractivity contribution in [3.63, 3.8) is 0 Å². The van der Waals surface area contributed by atoms with Crippen molar-refractivity contribution in [2.24, 2.45) is 0 Å². The zero-order valence-corrected chi connectivity index (χ0v) is 14.9. The lowest BCUT2D eigenvalue weighted by molar-refractivity contribution is 0.678. The topological polar surface area (TPSA) is 17.1 Å². The van der Waals surface area contributed by atoms with E-state index >= 15 is 0 Å². The number of hydrogen-bond donors (Lipinski definition) is 0. The van der Waals surface area contributed by atoms with E-state index in [1.807, 2.05) is 54.8 Å². The average Bonchev–Trinajstić information content (AvgIpc) is 2.59. The fourth-order valence-electron chi connectivity index (χ4n) is 2.54. The number of aryl methyl sites for hydroxylation is 1. The Hall–Kier alpha value is -1.67. The normalized spacial score (nSPS) is 13.0. The Kier molecular flexibility index (Phi) is 7.28. The van der Waals surface area contributed by atoms with E-state index in [-0.39, 0.29) is 0 Å². The second-order valence-corrected chi connectivity index (χ2v) is 7.23. The molecule has 0 aliphatic rings. The van der Waals surface area contributed by atoms with Gasteiger partial charge in [-0.1, -0.05) is 74.2 Å². The van der Waals surface area contributed by atoms with Crippen LogP contribution in [0, 0.1) is 6.92 Å². The van der Waals surface area contributed by atoms with Gasteiger partial charge in [-0.05, 0) is 43.0 Å². The Bertz CT molecular complexity index is 641. The molecule has 0 saturated carbocycles. The molecule has 0 aliphatic carbocycles. The first kappa shape index (κ1) is 17.7. The molecule has 0 N–H and O–H groups in total. The summed E-state index contributed by atoms with van der Waals surface area (Å²) in [7, 11) is -1.09. The molecule has 2 aromatic rings. The lowest BCUT2D eigenvalue weighted by Crippen LogP contribution is -1.92. The Morgan fingerprint density at radius 1 is 0.957 bits per heavy atom. The molecule has 23 heavy (non-hydrogen) atoms. The fourth-order valence-corrected chi connectivity index (χ4v) is 3.59. The highest BCUT2D eigenvalue weighted by atomic mass is 32.2. The summed E-state index contributed by atoms with van der Waals surface area (Å²) in [6, 6.07) is 18.3. The summed E-state index contributed by atoms with van der Waals surface area (Å²) in [5, 5.41) is 1.94. The van der Waals surface area contributed by atoms with Crippen molar-refractivity contribution in [3.05, 3.63) is 71.1 Å². The zero-order valence-electron chi connectivity index (χ0n) is 14.1. The Labute approximate surface area is 142 Å². The summed E-state index contributed by atoms with van der Waals surface area (Å²) >= 11 is 0. The lowest BCUT2D eigenvalue weighted by atomic mass is 10.0. The van der Waals surface area contributed by atoms with E-state index in [4.69, 9.17) is 0 Å². The highest BCUT2D eigenvalue weighted by molar-refractivity contribution is 7.88. The molecule has 0 fully saturated rings. The van der Waals surface area contributed by atoms with Gasteiger partial charge in [-0.3, -0.25) is 0 Å². The largest absolute Gasteiger partial charge is 0.250 e. The van der Waals surface area contributed by atoms with Crippen molar-refractivity contribution in [2.45, 2.75) is 50.8 Å². The molecule has 0 bridgehead atoms. The third-order valence-corrected chi connectivity index (χ3v) is 5.18. The molecule has 0 saturated heterocycles. The first-order valence-electron chi connectivity index (χ1n) is 8.44. The predicted molar refractivity (Wildman–Crippen MR) is 101 cm³/mol. The lowest BCUT2D eigenvalue weighted by Gasteiger charge is -2.08. The van der Waals surface area contributed by atoms with E-state index in [9.17, 15) is 4.21 Å². The van der Waals surface area contributed by atoms with Gasteiger partial charge in [0, 0.05) is 10.3 Å². The van der Waals surface area contributed by atoms with Gasteiger partial charge in [0.05, 0.1) is 10.8 Å². The average molecular weight is 327 g/mol. The van der Waals surface area contributed by atoms with Crippen LogP contribution in [-0.2, 0) is 10.8 Å². The first-order valence-corrected chi connectivity index (χ1v) is 9.65. The summed E-state index contributed by atoms with van der Waals surface area (Å²) in [6.45, 7) is 4.27. The Morgan fingerprint density at radius 3 is 2.30 bits per heavy atom. The van der Waals surface area contributed by atoms with Crippen LogP contribution in [0.1, 0.15) is 50.2 Å². The van der Waals surface area contributed by atoms with Crippen molar-refractivity contribution < 1.29 is 4.21 Å². The van der Waals surface area contributed by atoms with Gasteiger partial charge in [0.1, 0.15) is 0 Å². The van der Waals surface area contributed by atoms with Crippen molar-refractivity contribution in [3.8, 4) is 0 Å². The maximum atomic E-state index is 12.7. The number of allylic oxidation sites excluding steroid dienone is 1. The van der Waals surface area contributed by atoms with Gasteiger partial charge in [-0.25, -0.2) is 4.21 Å². The van der Waals surface area contributed by atoms with Gasteiger partial charge in [0.2, 0.25) is 0 Å². The van der Waals surface area contributed by atoms with Crippen LogP contribution in [0.15, 0.2) is 64.9 Å². The third kappa shape index (κ3) is 5.80. The van der Waals surface area contributed by atoms with Crippen LogP contribution in [0.4, 0.5) is 0 Å². The van der Waals surface area contributed by atoms with E-state index in [2.05, 4.69) is 19.1 Å². The molecule has 0 spiro atoms. The van der Waals surface area contributed by atoms with Crippen molar-refractivity contribution >= 4 is 16.4 Å². The van der Waals surface area contributed by atoms with Crippen LogP contribution in [0.5, 0.6) is 0 Å². The second kappa shape index (κ2) is 9.46. The summed E-state index contributed by atoms with van der Waals surface area (Å²) in [5.74, 6) is 0. The summed E-state index contributed by atoms with van der Waals surface area (Å²) in [5.41, 5.74) is 3.57. The van der Waals surface area contributed by atoms with Crippen LogP contribution >= 0.6 is 0 Å². The zero-order chi connectivity index (χ0) is 16.5. The molecule has 1 atom stereocenters. The molecule has 0 aromatic heterocycles. The van der Waals surface area contributed by atoms with E-state index < -0.39 is 10.8 Å². The molecule has 2 heteroatoms. The minimum Gasteiger partial charge on any atom is -0.250 e. The first-order chi connectivity index (χ1) is 11.2. The number of rotatable bonds is 8. The molecular weight excluding hydrogens is 300 g/mol. The molecule has 0 radical (unpaired) electrons. The Morgan fingerprint density at radius 2 is 1.65 bits per heavy atom. The minimum atomic E-state index is -1.09. The highest BCUT2D eigenvalue weighted by Gasteiger charge is 2.06. The van der Waals surface area contributed by atoms with Crippen molar-refractivity contribution in [1.29, 1.82) is 0 Å². The van der Waals surface area contributed by atoms with Gasteiger partial charge in [-0.2, -0.15) is 0 Å². The second-order valence-electron chi connectivity index (χ2n) is 5.93. The number of unbranched alkanes of at least 4 members (excludes halogenated alkanes) is 3.